The highest BCUT2D eigenvalue weighted by Gasteiger charge is 2.30. The molecule has 41 heavy (non-hydrogen) atoms. The van der Waals surface area contributed by atoms with E-state index in [-0.39, 0.29) is 16.2 Å². The largest absolute Gasteiger partial charge is 0.424 e. The number of benzene rings is 4. The topological polar surface area (TPSA) is 103 Å². The number of carbonyl (C=O) groups is 1. The normalized spacial score (nSPS) is 12.3. The van der Waals surface area contributed by atoms with Gasteiger partial charge in [-0.15, -0.1) is 0 Å². The maximum atomic E-state index is 13.7. The van der Waals surface area contributed by atoms with Gasteiger partial charge in [0, 0.05) is 12.0 Å². The summed E-state index contributed by atoms with van der Waals surface area (Å²) in [6, 6.07) is 26.4. The molecule has 208 valence electrons. The average molecular weight is 568 g/mol. The van der Waals surface area contributed by atoms with Gasteiger partial charge in [-0.3, -0.25) is 0 Å². The van der Waals surface area contributed by atoms with Crippen molar-refractivity contribution in [2.24, 2.45) is 0 Å². The highest BCUT2D eigenvalue weighted by molar-refractivity contribution is 7.89. The highest BCUT2D eigenvalue weighted by Crippen LogP contribution is 2.33. The first-order chi connectivity index (χ1) is 19.6. The minimum absolute atomic E-state index is 0.0287. The fourth-order valence-electron chi connectivity index (χ4n) is 4.73. The Labute approximate surface area is 238 Å². The molecule has 0 spiro atoms. The van der Waals surface area contributed by atoms with Crippen LogP contribution in [0.3, 0.4) is 0 Å². The number of ether oxygens (including phenoxy) is 1. The molecule has 1 heterocycles. The van der Waals surface area contributed by atoms with Crippen LogP contribution in [0.25, 0.3) is 11.0 Å². The van der Waals surface area contributed by atoms with Gasteiger partial charge in [-0.05, 0) is 67.3 Å². The van der Waals surface area contributed by atoms with Gasteiger partial charge in [0.1, 0.15) is 17.4 Å². The third-order valence-electron chi connectivity index (χ3n) is 6.89. The Hall–Kier alpha value is -4.53. The average Bonchev–Trinajstić information content (AvgIpc) is 2.95. The third-order valence-corrected chi connectivity index (χ3v) is 8.33. The molecule has 0 aliphatic rings. The second-order valence-corrected chi connectivity index (χ2v) is 11.7. The standard InChI is InChI=1S/C33H29NO6S/c1-21-14-16-26(17-15-21)41(37,38)34-31(25-12-8-5-9-13-25)33(36)40-29-19-22(2)18-28-30(29)23(3)27(32(35)39-28)20-24-10-6-4-7-11-24/h4-19,31,34H,20H2,1-3H3/t31-/m1/s1. The van der Waals surface area contributed by atoms with Crippen molar-refractivity contribution in [3.8, 4) is 5.75 Å². The molecule has 4 aromatic carbocycles. The van der Waals surface area contributed by atoms with Crippen LogP contribution in [0.1, 0.15) is 39.4 Å². The van der Waals surface area contributed by atoms with Gasteiger partial charge in [0.25, 0.3) is 0 Å². The lowest BCUT2D eigenvalue weighted by molar-refractivity contribution is -0.136. The number of fused-ring (bicyclic) bond motifs is 1. The summed E-state index contributed by atoms with van der Waals surface area (Å²) in [6.07, 6.45) is 0.342. The number of hydrogen-bond donors (Lipinski definition) is 1. The van der Waals surface area contributed by atoms with E-state index in [0.29, 0.717) is 34.1 Å². The fraction of sp³-hybridized carbons (Fsp3) is 0.152. The predicted molar refractivity (Wildman–Crippen MR) is 158 cm³/mol. The molecule has 1 aromatic heterocycles. The summed E-state index contributed by atoms with van der Waals surface area (Å²) in [5.74, 6) is -0.648. The van der Waals surface area contributed by atoms with Crippen molar-refractivity contribution in [2.45, 2.75) is 38.1 Å². The van der Waals surface area contributed by atoms with Crippen LogP contribution in [0.2, 0.25) is 0 Å². The summed E-state index contributed by atoms with van der Waals surface area (Å²) < 4.78 is 40.7. The van der Waals surface area contributed by atoms with Crippen molar-refractivity contribution in [2.75, 3.05) is 0 Å². The van der Waals surface area contributed by atoms with E-state index in [1.54, 1.807) is 68.4 Å². The molecule has 0 saturated carbocycles. The second kappa shape index (κ2) is 11.5. The Morgan fingerprint density at radius 1 is 0.854 bits per heavy atom. The number of nitrogens with one attached hydrogen (secondary N) is 1. The van der Waals surface area contributed by atoms with E-state index in [1.165, 1.54) is 12.1 Å². The highest BCUT2D eigenvalue weighted by atomic mass is 32.2. The molecule has 5 aromatic rings. The van der Waals surface area contributed by atoms with Crippen molar-refractivity contribution < 1.29 is 22.4 Å². The summed E-state index contributed by atoms with van der Waals surface area (Å²) in [5.41, 5.74) is 3.85. The van der Waals surface area contributed by atoms with E-state index in [4.69, 9.17) is 9.15 Å². The molecule has 0 radical (unpaired) electrons. The van der Waals surface area contributed by atoms with Gasteiger partial charge in [-0.25, -0.2) is 18.0 Å². The minimum atomic E-state index is -4.08. The SMILES string of the molecule is Cc1ccc(S(=O)(=O)N[C@@H](C(=O)Oc2cc(C)cc3oc(=O)c(Cc4ccccc4)c(C)c23)c2ccccc2)cc1. The van der Waals surface area contributed by atoms with E-state index in [9.17, 15) is 18.0 Å². The lowest BCUT2D eigenvalue weighted by Gasteiger charge is -2.19. The molecule has 0 aliphatic heterocycles. The minimum Gasteiger partial charge on any atom is -0.424 e. The summed E-state index contributed by atoms with van der Waals surface area (Å²) in [5, 5.41) is 0.475. The molecule has 0 bridgehead atoms. The quantitative estimate of drug-likeness (QED) is 0.142. The number of esters is 1. The lowest BCUT2D eigenvalue weighted by Crippen LogP contribution is -2.36. The van der Waals surface area contributed by atoms with Crippen LogP contribution < -0.4 is 15.1 Å². The zero-order chi connectivity index (χ0) is 29.1. The number of aryl methyl sites for hydroxylation is 3. The summed E-state index contributed by atoms with van der Waals surface area (Å²) in [7, 11) is -4.08. The molecule has 0 aliphatic carbocycles. The van der Waals surface area contributed by atoms with Crippen molar-refractivity contribution in [1.82, 2.24) is 4.72 Å². The van der Waals surface area contributed by atoms with Gasteiger partial charge in [0.05, 0.1) is 10.3 Å². The molecule has 0 saturated heterocycles. The number of rotatable bonds is 8. The zero-order valence-electron chi connectivity index (χ0n) is 22.9. The Morgan fingerprint density at radius 3 is 2.15 bits per heavy atom. The number of sulfonamides is 1. The summed E-state index contributed by atoms with van der Waals surface area (Å²) >= 11 is 0. The van der Waals surface area contributed by atoms with Crippen molar-refractivity contribution >= 4 is 27.0 Å². The molecule has 1 atom stereocenters. The Balaban J connectivity index is 1.56. The van der Waals surface area contributed by atoms with Gasteiger partial charge < -0.3 is 9.15 Å². The second-order valence-electron chi connectivity index (χ2n) is 9.99. The van der Waals surface area contributed by atoms with E-state index >= 15 is 0 Å². The molecule has 0 amide bonds. The van der Waals surface area contributed by atoms with E-state index in [1.807, 2.05) is 37.3 Å². The third kappa shape index (κ3) is 6.14. The monoisotopic (exact) mass is 567 g/mol. The Kier molecular flexibility index (Phi) is 7.88. The predicted octanol–water partition coefficient (Wildman–Crippen LogP) is 5.93. The van der Waals surface area contributed by atoms with Gasteiger partial charge in [0.15, 0.2) is 0 Å². The van der Waals surface area contributed by atoms with Gasteiger partial charge in [0.2, 0.25) is 10.0 Å². The van der Waals surface area contributed by atoms with Crippen LogP contribution in [0, 0.1) is 20.8 Å². The summed E-state index contributed by atoms with van der Waals surface area (Å²) in [4.78, 5) is 26.7. The lowest BCUT2D eigenvalue weighted by atomic mass is 9.98. The number of hydrogen-bond acceptors (Lipinski definition) is 6. The molecule has 1 N–H and O–H groups in total. The van der Waals surface area contributed by atoms with E-state index < -0.39 is 27.7 Å². The Morgan fingerprint density at radius 2 is 1.49 bits per heavy atom. The first-order valence-corrected chi connectivity index (χ1v) is 14.6. The molecule has 7 nitrogen and oxygen atoms in total. The van der Waals surface area contributed by atoms with Crippen LogP contribution in [-0.4, -0.2) is 14.4 Å². The maximum Gasteiger partial charge on any atom is 0.340 e. The molecule has 0 fully saturated rings. The zero-order valence-corrected chi connectivity index (χ0v) is 23.7. The molecular formula is C33H29NO6S. The number of carbonyl (C=O) groups excluding carboxylic acids is 1. The van der Waals surface area contributed by atoms with Crippen LogP contribution in [0.5, 0.6) is 5.75 Å². The van der Waals surface area contributed by atoms with Gasteiger partial charge in [-0.1, -0.05) is 78.4 Å². The van der Waals surface area contributed by atoms with Crippen LogP contribution in [0.4, 0.5) is 0 Å². The van der Waals surface area contributed by atoms with Crippen molar-refractivity contribution in [1.29, 1.82) is 0 Å². The van der Waals surface area contributed by atoms with Gasteiger partial charge >= 0.3 is 11.6 Å². The van der Waals surface area contributed by atoms with Gasteiger partial charge in [-0.2, -0.15) is 4.72 Å². The van der Waals surface area contributed by atoms with Crippen LogP contribution in [0.15, 0.2) is 111 Å². The first-order valence-electron chi connectivity index (χ1n) is 13.1. The molecule has 5 rings (SSSR count). The first kappa shape index (κ1) is 28.0. The maximum absolute atomic E-state index is 13.7. The van der Waals surface area contributed by atoms with Crippen LogP contribution >= 0.6 is 0 Å². The van der Waals surface area contributed by atoms with E-state index in [0.717, 1.165) is 11.1 Å². The van der Waals surface area contributed by atoms with E-state index in [2.05, 4.69) is 4.72 Å². The Bertz CT molecular complexity index is 1880. The van der Waals surface area contributed by atoms with Crippen molar-refractivity contribution in [3.05, 3.63) is 141 Å². The molecular weight excluding hydrogens is 538 g/mol. The molecule has 8 heteroatoms. The molecule has 0 unspecified atom stereocenters. The van der Waals surface area contributed by atoms with Crippen molar-refractivity contribution in [3.63, 3.8) is 0 Å². The van der Waals surface area contributed by atoms with Crippen LogP contribution in [-0.2, 0) is 21.2 Å². The summed E-state index contributed by atoms with van der Waals surface area (Å²) in [6.45, 7) is 5.44. The fourth-order valence-corrected chi connectivity index (χ4v) is 5.90. The smallest absolute Gasteiger partial charge is 0.340 e.